The van der Waals surface area contributed by atoms with E-state index >= 15 is 0 Å². The summed E-state index contributed by atoms with van der Waals surface area (Å²) in [5, 5.41) is 1.93. The smallest absolute Gasteiger partial charge is 0.349 e. The maximum Gasteiger partial charge on any atom is 0.349 e. The number of hydrogen-bond acceptors (Lipinski definition) is 1. The van der Waals surface area contributed by atoms with Crippen molar-refractivity contribution in [1.29, 1.82) is 0 Å². The second-order valence-corrected chi connectivity index (χ2v) is 3.02. The van der Waals surface area contributed by atoms with E-state index in [9.17, 15) is 13.6 Å². The highest BCUT2D eigenvalue weighted by Gasteiger charge is 2.39. The van der Waals surface area contributed by atoms with Gasteiger partial charge in [-0.1, -0.05) is 51.5 Å². The quantitative estimate of drug-likeness (QED) is 0.857. The van der Waals surface area contributed by atoms with Crippen molar-refractivity contribution in [1.82, 2.24) is 5.32 Å². The van der Waals surface area contributed by atoms with Gasteiger partial charge in [-0.15, -0.1) is 0 Å². The van der Waals surface area contributed by atoms with Crippen LogP contribution in [0.15, 0.2) is 24.3 Å². The molecule has 1 rings (SSSR count). The average Bonchev–Trinajstić information content (AvgIpc) is 2.42. The highest BCUT2D eigenvalue weighted by molar-refractivity contribution is 5.84. The van der Waals surface area contributed by atoms with Gasteiger partial charge in [0, 0.05) is 12.6 Å². The van der Waals surface area contributed by atoms with Gasteiger partial charge < -0.3 is 5.32 Å². The zero-order valence-corrected chi connectivity index (χ0v) is 12.0. The lowest BCUT2D eigenvalue weighted by Crippen LogP contribution is -2.35. The molecule has 0 aliphatic heterocycles. The van der Waals surface area contributed by atoms with Crippen molar-refractivity contribution in [3.05, 3.63) is 35.4 Å². The van der Waals surface area contributed by atoms with Crippen molar-refractivity contribution in [2.45, 2.75) is 40.5 Å². The van der Waals surface area contributed by atoms with Gasteiger partial charge in [-0.3, -0.25) is 4.79 Å². The molecule has 0 saturated heterocycles. The summed E-state index contributed by atoms with van der Waals surface area (Å²) < 4.78 is 26.6. The molecule has 0 aliphatic rings. The number of rotatable bonds is 2. The minimum Gasteiger partial charge on any atom is -0.354 e. The minimum atomic E-state index is -3.46. The van der Waals surface area contributed by atoms with Crippen molar-refractivity contribution in [2.24, 2.45) is 0 Å². The lowest BCUT2D eigenvalue weighted by Gasteiger charge is -2.14. The van der Waals surface area contributed by atoms with Gasteiger partial charge in [0.25, 0.3) is 5.91 Å². The molecule has 104 valence electrons. The third-order valence-corrected chi connectivity index (χ3v) is 1.89. The van der Waals surface area contributed by atoms with Crippen LogP contribution in [0.2, 0.25) is 0 Å². The fraction of sp³-hybridized carbons (Fsp3) is 0.500. The molecule has 0 aliphatic carbocycles. The molecule has 2 nitrogen and oxygen atoms in total. The van der Waals surface area contributed by atoms with Crippen molar-refractivity contribution < 1.29 is 13.6 Å². The van der Waals surface area contributed by atoms with E-state index in [4.69, 9.17) is 0 Å². The number of alkyl halides is 2. The van der Waals surface area contributed by atoms with Crippen LogP contribution in [0.25, 0.3) is 0 Å². The first kappa shape index (κ1) is 18.9. The van der Waals surface area contributed by atoms with Crippen LogP contribution < -0.4 is 5.32 Å². The molecule has 0 fully saturated rings. The molecule has 0 saturated carbocycles. The SMILES string of the molecule is CC.CC.CNC(=O)C(F)(F)c1cccc(C)c1. The van der Waals surface area contributed by atoms with Gasteiger partial charge >= 0.3 is 5.92 Å². The molecule has 0 spiro atoms. The Morgan fingerprint density at radius 1 is 1.17 bits per heavy atom. The Morgan fingerprint density at radius 3 is 2.06 bits per heavy atom. The van der Waals surface area contributed by atoms with E-state index in [1.54, 1.807) is 13.0 Å². The van der Waals surface area contributed by atoms with Gasteiger partial charge in [0.15, 0.2) is 0 Å². The summed E-state index contributed by atoms with van der Waals surface area (Å²) in [7, 11) is 1.19. The molecule has 0 heterocycles. The lowest BCUT2D eigenvalue weighted by molar-refractivity contribution is -0.146. The summed E-state index contributed by atoms with van der Waals surface area (Å²) >= 11 is 0. The zero-order chi connectivity index (χ0) is 14.8. The second kappa shape index (κ2) is 9.57. The molecular formula is C14H23F2NO. The van der Waals surface area contributed by atoms with E-state index in [-0.39, 0.29) is 5.56 Å². The Labute approximate surface area is 108 Å². The van der Waals surface area contributed by atoms with Crippen LogP contribution in [0, 0.1) is 6.92 Å². The molecule has 1 amide bonds. The maximum atomic E-state index is 13.3. The minimum absolute atomic E-state index is 0.281. The summed E-state index contributed by atoms with van der Waals surface area (Å²) in [6.45, 7) is 9.70. The second-order valence-electron chi connectivity index (χ2n) is 3.02. The Hall–Kier alpha value is -1.45. The monoisotopic (exact) mass is 259 g/mol. The normalized spacial score (nSPS) is 9.33. The number of likely N-dealkylation sites (N-methyl/N-ethyl adjacent to an activating group) is 1. The van der Waals surface area contributed by atoms with Crippen molar-refractivity contribution in [3.63, 3.8) is 0 Å². The van der Waals surface area contributed by atoms with Crippen LogP contribution >= 0.6 is 0 Å². The van der Waals surface area contributed by atoms with E-state index in [2.05, 4.69) is 0 Å². The average molecular weight is 259 g/mol. The Balaban J connectivity index is 0. The fourth-order valence-electron chi connectivity index (χ4n) is 1.13. The molecule has 0 atom stereocenters. The largest absolute Gasteiger partial charge is 0.354 e. The van der Waals surface area contributed by atoms with Crippen molar-refractivity contribution in [3.8, 4) is 0 Å². The number of carbonyl (C=O) groups excluding carboxylic acids is 1. The number of hydrogen-bond donors (Lipinski definition) is 1. The third-order valence-electron chi connectivity index (χ3n) is 1.89. The lowest BCUT2D eigenvalue weighted by atomic mass is 10.1. The van der Waals surface area contributed by atoms with Crippen LogP contribution in [0.1, 0.15) is 38.8 Å². The van der Waals surface area contributed by atoms with E-state index in [0.29, 0.717) is 5.56 Å². The fourth-order valence-corrected chi connectivity index (χ4v) is 1.13. The van der Waals surface area contributed by atoms with E-state index < -0.39 is 11.8 Å². The molecule has 1 aromatic carbocycles. The summed E-state index contributed by atoms with van der Waals surface area (Å²) in [6.07, 6.45) is 0. The van der Waals surface area contributed by atoms with Crippen LogP contribution in [0.3, 0.4) is 0 Å². The number of nitrogens with one attached hydrogen (secondary N) is 1. The summed E-state index contributed by atoms with van der Waals surface area (Å²) in [5.74, 6) is -4.75. The molecule has 0 aromatic heterocycles. The molecule has 18 heavy (non-hydrogen) atoms. The number of amides is 1. The predicted octanol–water partition coefficient (Wildman–Crippen LogP) is 3.89. The summed E-state index contributed by atoms with van der Waals surface area (Å²) in [6, 6.07) is 5.74. The van der Waals surface area contributed by atoms with Gasteiger partial charge in [-0.05, 0) is 13.0 Å². The van der Waals surface area contributed by atoms with Gasteiger partial charge in [-0.2, -0.15) is 8.78 Å². The molecule has 4 heteroatoms. The first-order valence-electron chi connectivity index (χ1n) is 6.15. The molecule has 0 unspecified atom stereocenters. The topological polar surface area (TPSA) is 29.1 Å². The van der Waals surface area contributed by atoms with Gasteiger partial charge in [-0.25, -0.2) is 0 Å². The number of carbonyl (C=O) groups is 1. The number of benzene rings is 1. The highest BCUT2D eigenvalue weighted by Crippen LogP contribution is 2.28. The molecular weight excluding hydrogens is 236 g/mol. The van der Waals surface area contributed by atoms with Gasteiger partial charge in [0.1, 0.15) is 0 Å². The molecule has 1 aromatic rings. The predicted molar refractivity (Wildman–Crippen MR) is 71.8 cm³/mol. The Kier molecular flexibility index (Phi) is 10.0. The van der Waals surface area contributed by atoms with E-state index in [1.165, 1.54) is 25.2 Å². The van der Waals surface area contributed by atoms with Gasteiger partial charge in [0.2, 0.25) is 0 Å². The zero-order valence-electron chi connectivity index (χ0n) is 12.0. The highest BCUT2D eigenvalue weighted by atomic mass is 19.3. The maximum absolute atomic E-state index is 13.3. The van der Waals surface area contributed by atoms with Crippen LogP contribution in [0.5, 0.6) is 0 Å². The number of halogens is 2. The molecule has 0 bridgehead atoms. The third kappa shape index (κ3) is 5.25. The molecule has 0 radical (unpaired) electrons. The molecule has 1 N–H and O–H groups in total. The van der Waals surface area contributed by atoms with Gasteiger partial charge in [0.05, 0.1) is 0 Å². The first-order chi connectivity index (χ1) is 8.48. The summed E-state index contributed by atoms with van der Waals surface area (Å²) in [4.78, 5) is 10.9. The van der Waals surface area contributed by atoms with Crippen LogP contribution in [0.4, 0.5) is 8.78 Å². The first-order valence-corrected chi connectivity index (χ1v) is 6.15. The number of aryl methyl sites for hydroxylation is 1. The Morgan fingerprint density at radius 2 is 1.67 bits per heavy atom. The van der Waals surface area contributed by atoms with E-state index in [1.807, 2.05) is 33.0 Å². The van der Waals surface area contributed by atoms with E-state index in [0.717, 1.165) is 0 Å². The van der Waals surface area contributed by atoms with Crippen molar-refractivity contribution in [2.75, 3.05) is 7.05 Å². The van der Waals surface area contributed by atoms with Crippen molar-refractivity contribution >= 4 is 5.91 Å². The summed E-state index contributed by atoms with van der Waals surface area (Å²) in [5.41, 5.74) is 0.419. The standard InChI is InChI=1S/C10H11F2NO.2C2H6/c1-7-4-3-5-8(6-7)10(11,12)9(14)13-2;2*1-2/h3-6H,1-2H3,(H,13,14);2*1-2H3. The van der Waals surface area contributed by atoms with Crippen LogP contribution in [-0.4, -0.2) is 13.0 Å². The van der Waals surface area contributed by atoms with Crippen LogP contribution in [-0.2, 0) is 10.7 Å². The Bertz CT molecular complexity index is 351.